The molecule has 0 aromatic carbocycles. The van der Waals surface area contributed by atoms with E-state index in [0.29, 0.717) is 12.8 Å². The molecule has 65 heavy (non-hydrogen) atoms. The number of allylic oxidation sites excluding steroid dienone is 9. The van der Waals surface area contributed by atoms with Gasteiger partial charge in [-0.15, -0.1) is 0 Å². The number of hydrogen-bond donors (Lipinski definition) is 0. The van der Waals surface area contributed by atoms with Crippen LogP contribution in [0.15, 0.2) is 60.8 Å². The Hall–Kier alpha value is -2.89. The summed E-state index contributed by atoms with van der Waals surface area (Å²) in [6, 6.07) is 0. The van der Waals surface area contributed by atoms with Gasteiger partial charge in [0.2, 0.25) is 0 Å². The van der Waals surface area contributed by atoms with Crippen LogP contribution in [0, 0.1) is 0 Å². The zero-order valence-corrected chi connectivity index (χ0v) is 43.0. The minimum absolute atomic E-state index is 0.101. The molecule has 376 valence electrons. The highest BCUT2D eigenvalue weighted by molar-refractivity contribution is 5.72. The average molecular weight is 909 g/mol. The normalized spacial score (nSPS) is 12.5. The maximum absolute atomic E-state index is 12.7. The Bertz CT molecular complexity index is 1180. The molecule has 0 fully saturated rings. The number of ether oxygens (including phenoxy) is 3. The smallest absolute Gasteiger partial charge is 0.310 e. The molecule has 0 N–H and O–H groups in total. The lowest BCUT2D eigenvalue weighted by molar-refractivity contribution is -0.166. The fourth-order valence-electron chi connectivity index (χ4n) is 7.93. The largest absolute Gasteiger partial charge is 0.462 e. The van der Waals surface area contributed by atoms with Crippen LogP contribution in [0.3, 0.4) is 0 Å². The van der Waals surface area contributed by atoms with E-state index in [9.17, 15) is 14.4 Å². The monoisotopic (exact) mass is 909 g/mol. The van der Waals surface area contributed by atoms with Crippen LogP contribution >= 0.6 is 0 Å². The van der Waals surface area contributed by atoms with Crippen LogP contribution in [0.2, 0.25) is 0 Å². The molecule has 0 aliphatic carbocycles. The molecule has 0 radical (unpaired) electrons. The Morgan fingerprint density at radius 3 is 0.877 bits per heavy atom. The van der Waals surface area contributed by atoms with Gasteiger partial charge in [-0.05, 0) is 44.9 Å². The number of esters is 3. The molecule has 0 aliphatic heterocycles. The van der Waals surface area contributed by atoms with Crippen molar-refractivity contribution >= 4 is 17.9 Å². The van der Waals surface area contributed by atoms with Crippen LogP contribution in [0.5, 0.6) is 0 Å². The van der Waals surface area contributed by atoms with Gasteiger partial charge in [-0.3, -0.25) is 14.4 Å². The predicted molar refractivity (Wildman–Crippen MR) is 279 cm³/mol. The number of carbonyl (C=O) groups excluding carboxylic acids is 3. The van der Waals surface area contributed by atoms with Crippen molar-refractivity contribution in [2.24, 2.45) is 0 Å². The van der Waals surface area contributed by atoms with E-state index in [2.05, 4.69) is 69.4 Å². The zero-order valence-electron chi connectivity index (χ0n) is 43.0. The fourth-order valence-corrected chi connectivity index (χ4v) is 7.93. The average Bonchev–Trinajstić information content (AvgIpc) is 3.30. The number of hydrogen-bond acceptors (Lipinski definition) is 6. The second-order valence-electron chi connectivity index (χ2n) is 18.5. The molecule has 6 nitrogen and oxygen atoms in total. The minimum atomic E-state index is -0.823. The van der Waals surface area contributed by atoms with E-state index in [1.807, 2.05) is 6.08 Å². The Kier molecular flexibility index (Phi) is 51.3. The van der Waals surface area contributed by atoms with Gasteiger partial charge in [-0.25, -0.2) is 0 Å². The fraction of sp³-hybridized carbons (Fsp3) is 0.780. The van der Waals surface area contributed by atoms with Crippen molar-refractivity contribution < 1.29 is 28.6 Å². The Balaban J connectivity index is 4.18. The molecule has 0 saturated carbocycles. The first kappa shape index (κ1) is 62.1. The molecule has 1 unspecified atom stereocenters. The van der Waals surface area contributed by atoms with Crippen molar-refractivity contribution in [1.82, 2.24) is 0 Å². The molecule has 0 spiro atoms. The van der Waals surface area contributed by atoms with E-state index in [0.717, 1.165) is 70.6 Å². The molecular weight excluding hydrogens is 805 g/mol. The Morgan fingerprint density at radius 1 is 0.323 bits per heavy atom. The van der Waals surface area contributed by atoms with Gasteiger partial charge in [0.15, 0.2) is 6.10 Å². The highest BCUT2D eigenvalue weighted by Gasteiger charge is 2.19. The maximum Gasteiger partial charge on any atom is 0.310 e. The molecule has 0 heterocycles. The summed E-state index contributed by atoms with van der Waals surface area (Å²) in [6.45, 7) is 6.42. The summed E-state index contributed by atoms with van der Waals surface area (Å²) in [4.78, 5) is 37.8. The third-order valence-corrected chi connectivity index (χ3v) is 12.1. The molecule has 0 aromatic rings. The molecular formula is C59H104O6. The summed E-state index contributed by atoms with van der Waals surface area (Å²) < 4.78 is 16.6. The van der Waals surface area contributed by atoms with Gasteiger partial charge in [-0.2, -0.15) is 0 Å². The van der Waals surface area contributed by atoms with E-state index in [-0.39, 0.29) is 31.6 Å². The van der Waals surface area contributed by atoms with E-state index < -0.39 is 12.1 Å². The summed E-state index contributed by atoms with van der Waals surface area (Å²) in [5, 5.41) is 0. The topological polar surface area (TPSA) is 78.9 Å². The van der Waals surface area contributed by atoms with Crippen LogP contribution in [0.4, 0.5) is 0 Å². The van der Waals surface area contributed by atoms with Crippen molar-refractivity contribution in [2.45, 2.75) is 284 Å². The van der Waals surface area contributed by atoms with E-state index in [1.165, 1.54) is 167 Å². The lowest BCUT2D eigenvalue weighted by Gasteiger charge is -2.18. The lowest BCUT2D eigenvalue weighted by atomic mass is 10.0. The summed E-state index contributed by atoms with van der Waals surface area (Å²) in [6.07, 6.45) is 67.1. The Labute approximate surface area is 402 Å². The predicted octanol–water partition coefficient (Wildman–Crippen LogP) is 18.4. The molecule has 0 aliphatic rings. The molecule has 0 bridgehead atoms. The quantitative estimate of drug-likeness (QED) is 0.0262. The molecule has 1 atom stereocenters. The van der Waals surface area contributed by atoms with E-state index in [1.54, 1.807) is 6.08 Å². The number of carbonyl (C=O) groups is 3. The highest BCUT2D eigenvalue weighted by Crippen LogP contribution is 2.17. The van der Waals surface area contributed by atoms with Gasteiger partial charge in [-0.1, -0.05) is 274 Å². The molecule has 0 aromatic heterocycles. The Morgan fingerprint density at radius 2 is 0.585 bits per heavy atom. The van der Waals surface area contributed by atoms with Crippen LogP contribution in [0.1, 0.15) is 278 Å². The standard InChI is InChI=1S/C59H104O6/c1-4-7-10-13-16-18-20-22-24-25-26-27-28-29-30-31-32-33-35-36-38-40-43-46-49-52-58(61)64-55-56(54-63-57(60)51-48-45-42-15-12-9-6-3)65-59(62)53-50-47-44-41-39-37-34-23-21-19-17-14-11-8-5-2/h8,11,17,19,23,34,39,41,47,50,56H,4-7,9-10,12-16,18,20-22,24-33,35-38,40,42-46,48-49,51-55H2,1-3H3/b11-8-,19-17-,34-23-,41-39-,50-47-. The second kappa shape index (κ2) is 53.7. The van der Waals surface area contributed by atoms with E-state index >= 15 is 0 Å². The van der Waals surface area contributed by atoms with Crippen LogP contribution in [-0.2, 0) is 28.6 Å². The van der Waals surface area contributed by atoms with Crippen LogP contribution in [0.25, 0.3) is 0 Å². The third kappa shape index (κ3) is 51.9. The molecule has 0 amide bonds. The second-order valence-corrected chi connectivity index (χ2v) is 18.5. The van der Waals surface area contributed by atoms with Gasteiger partial charge >= 0.3 is 17.9 Å². The van der Waals surface area contributed by atoms with Crippen molar-refractivity contribution in [3.63, 3.8) is 0 Å². The van der Waals surface area contributed by atoms with Crippen molar-refractivity contribution in [1.29, 1.82) is 0 Å². The van der Waals surface area contributed by atoms with Crippen molar-refractivity contribution in [3.05, 3.63) is 60.8 Å². The van der Waals surface area contributed by atoms with E-state index in [4.69, 9.17) is 14.2 Å². The first-order valence-corrected chi connectivity index (χ1v) is 27.8. The van der Waals surface area contributed by atoms with Gasteiger partial charge in [0, 0.05) is 12.8 Å². The van der Waals surface area contributed by atoms with Crippen molar-refractivity contribution in [3.8, 4) is 0 Å². The van der Waals surface area contributed by atoms with Gasteiger partial charge in [0.25, 0.3) is 0 Å². The van der Waals surface area contributed by atoms with Crippen molar-refractivity contribution in [2.75, 3.05) is 13.2 Å². The summed E-state index contributed by atoms with van der Waals surface area (Å²) >= 11 is 0. The first-order chi connectivity index (χ1) is 32.0. The molecule has 0 saturated heterocycles. The highest BCUT2D eigenvalue weighted by atomic mass is 16.6. The maximum atomic E-state index is 12.7. The summed E-state index contributed by atoms with van der Waals surface area (Å²) in [5.74, 6) is -1.04. The molecule has 6 heteroatoms. The van der Waals surface area contributed by atoms with Crippen LogP contribution in [-0.4, -0.2) is 37.2 Å². The van der Waals surface area contributed by atoms with Gasteiger partial charge in [0.05, 0.1) is 6.42 Å². The third-order valence-electron chi connectivity index (χ3n) is 12.1. The van der Waals surface area contributed by atoms with Crippen LogP contribution < -0.4 is 0 Å². The van der Waals surface area contributed by atoms with Gasteiger partial charge < -0.3 is 14.2 Å². The van der Waals surface area contributed by atoms with Gasteiger partial charge in [0.1, 0.15) is 13.2 Å². The zero-order chi connectivity index (χ0) is 47.2. The number of rotatable bonds is 50. The summed E-state index contributed by atoms with van der Waals surface area (Å²) in [5.41, 5.74) is 0. The number of unbranched alkanes of at least 4 members (excludes halogenated alkanes) is 30. The molecule has 0 rings (SSSR count). The summed E-state index contributed by atoms with van der Waals surface area (Å²) in [7, 11) is 0. The first-order valence-electron chi connectivity index (χ1n) is 27.8. The SMILES string of the molecule is CC/C=C\C/C=C\C/C=C\C/C=C\C/C=C\CC(=O)OC(COC(=O)CCCCCCCCC)COC(=O)CCCCCCCCCCCCCCCCCCCCCCCCCCC. The minimum Gasteiger partial charge on any atom is -0.462 e. The lowest BCUT2D eigenvalue weighted by Crippen LogP contribution is -2.30.